The van der Waals surface area contributed by atoms with E-state index in [0.717, 1.165) is 24.6 Å². The van der Waals surface area contributed by atoms with Gasteiger partial charge in [-0.05, 0) is 30.7 Å². The van der Waals surface area contributed by atoms with E-state index in [0.29, 0.717) is 6.54 Å². The summed E-state index contributed by atoms with van der Waals surface area (Å²) in [5.74, 6) is -1.23. The molecule has 0 radical (unpaired) electrons. The summed E-state index contributed by atoms with van der Waals surface area (Å²) in [6.07, 6.45) is 1.80. The standard InChI is InChI=1S/C17H18FNO2/c1-2-3-11-19(14-7-5-4-6-8-14)17(21)15-10-9-13(18)12-16(15)20/h4-10,12,20H,2-3,11H2,1H3. The highest BCUT2D eigenvalue weighted by Crippen LogP contribution is 2.23. The lowest BCUT2D eigenvalue weighted by atomic mass is 10.1. The minimum atomic E-state index is -0.566. The minimum Gasteiger partial charge on any atom is -0.507 e. The molecular weight excluding hydrogens is 269 g/mol. The highest BCUT2D eigenvalue weighted by molar-refractivity contribution is 6.07. The first kappa shape index (κ1) is 15.0. The summed E-state index contributed by atoms with van der Waals surface area (Å²) in [6.45, 7) is 2.60. The predicted molar refractivity (Wildman–Crippen MR) is 81.1 cm³/mol. The number of phenols is 1. The van der Waals surface area contributed by atoms with Crippen molar-refractivity contribution in [3.8, 4) is 5.75 Å². The van der Waals surface area contributed by atoms with Crippen LogP contribution >= 0.6 is 0 Å². The first-order valence-corrected chi connectivity index (χ1v) is 6.99. The zero-order valence-electron chi connectivity index (χ0n) is 11.9. The summed E-state index contributed by atoms with van der Waals surface area (Å²) in [7, 11) is 0. The number of unbranched alkanes of at least 4 members (excludes halogenated alkanes) is 1. The Morgan fingerprint density at radius 2 is 1.90 bits per heavy atom. The molecule has 0 aromatic heterocycles. The number of hydrogen-bond acceptors (Lipinski definition) is 2. The van der Waals surface area contributed by atoms with E-state index in [1.807, 2.05) is 37.3 Å². The normalized spacial score (nSPS) is 10.4. The minimum absolute atomic E-state index is 0.108. The molecule has 21 heavy (non-hydrogen) atoms. The molecule has 110 valence electrons. The van der Waals surface area contributed by atoms with Gasteiger partial charge in [-0.25, -0.2) is 4.39 Å². The quantitative estimate of drug-likeness (QED) is 0.903. The average Bonchev–Trinajstić information content (AvgIpc) is 2.48. The van der Waals surface area contributed by atoms with Crippen LogP contribution in [-0.4, -0.2) is 17.6 Å². The maximum Gasteiger partial charge on any atom is 0.262 e. The number of carbonyl (C=O) groups excluding carboxylic acids is 1. The zero-order chi connectivity index (χ0) is 15.2. The van der Waals surface area contributed by atoms with Crippen molar-refractivity contribution in [3.63, 3.8) is 0 Å². The number of aromatic hydroxyl groups is 1. The lowest BCUT2D eigenvalue weighted by Gasteiger charge is -2.23. The molecule has 2 aromatic rings. The van der Waals surface area contributed by atoms with E-state index in [2.05, 4.69) is 0 Å². The lowest BCUT2D eigenvalue weighted by molar-refractivity contribution is 0.0984. The van der Waals surface area contributed by atoms with Gasteiger partial charge in [-0.2, -0.15) is 0 Å². The number of halogens is 1. The van der Waals surface area contributed by atoms with Crippen molar-refractivity contribution >= 4 is 11.6 Å². The van der Waals surface area contributed by atoms with Crippen molar-refractivity contribution in [1.29, 1.82) is 0 Å². The fourth-order valence-electron chi connectivity index (χ4n) is 2.10. The van der Waals surface area contributed by atoms with Gasteiger partial charge >= 0.3 is 0 Å². The Morgan fingerprint density at radius 3 is 2.52 bits per heavy atom. The Morgan fingerprint density at radius 1 is 1.19 bits per heavy atom. The van der Waals surface area contributed by atoms with Crippen LogP contribution in [0.4, 0.5) is 10.1 Å². The van der Waals surface area contributed by atoms with Gasteiger partial charge < -0.3 is 10.0 Å². The molecule has 0 unspecified atom stereocenters. The molecule has 1 amide bonds. The number of amides is 1. The monoisotopic (exact) mass is 287 g/mol. The number of phenolic OH excluding ortho intramolecular Hbond substituents is 1. The fourth-order valence-corrected chi connectivity index (χ4v) is 2.10. The van der Waals surface area contributed by atoms with Crippen LogP contribution < -0.4 is 4.90 Å². The summed E-state index contributed by atoms with van der Waals surface area (Å²) in [5.41, 5.74) is 0.871. The Hall–Kier alpha value is -2.36. The smallest absolute Gasteiger partial charge is 0.262 e. The van der Waals surface area contributed by atoms with Gasteiger partial charge in [0.05, 0.1) is 5.56 Å². The summed E-state index contributed by atoms with van der Waals surface area (Å²) in [5, 5.41) is 9.80. The average molecular weight is 287 g/mol. The van der Waals surface area contributed by atoms with Crippen LogP contribution in [0.3, 0.4) is 0 Å². The van der Waals surface area contributed by atoms with Crippen LogP contribution in [0.2, 0.25) is 0 Å². The summed E-state index contributed by atoms with van der Waals surface area (Å²) in [4.78, 5) is 14.2. The fraction of sp³-hybridized carbons (Fsp3) is 0.235. The number of hydrogen-bond donors (Lipinski definition) is 1. The van der Waals surface area contributed by atoms with Crippen molar-refractivity contribution in [3.05, 3.63) is 59.9 Å². The summed E-state index contributed by atoms with van der Waals surface area (Å²) >= 11 is 0. The molecule has 1 N–H and O–H groups in total. The zero-order valence-corrected chi connectivity index (χ0v) is 11.9. The SMILES string of the molecule is CCCCN(C(=O)c1ccc(F)cc1O)c1ccccc1. The molecule has 0 atom stereocenters. The predicted octanol–water partition coefficient (Wildman–Crippen LogP) is 3.98. The Balaban J connectivity index is 2.34. The summed E-state index contributed by atoms with van der Waals surface area (Å²) in [6, 6.07) is 12.7. The topological polar surface area (TPSA) is 40.5 Å². The second kappa shape index (κ2) is 6.88. The first-order chi connectivity index (χ1) is 10.1. The molecule has 0 fully saturated rings. The van der Waals surface area contributed by atoms with E-state index in [-0.39, 0.29) is 17.2 Å². The maximum atomic E-state index is 13.1. The molecule has 0 heterocycles. The molecule has 2 rings (SSSR count). The molecule has 2 aromatic carbocycles. The number of benzene rings is 2. The van der Waals surface area contributed by atoms with Gasteiger partial charge in [-0.15, -0.1) is 0 Å². The number of nitrogens with zero attached hydrogens (tertiary/aromatic N) is 1. The van der Waals surface area contributed by atoms with E-state index >= 15 is 0 Å². The third kappa shape index (κ3) is 3.60. The first-order valence-electron chi connectivity index (χ1n) is 6.99. The number of para-hydroxylation sites is 1. The molecule has 0 bridgehead atoms. The van der Waals surface area contributed by atoms with E-state index in [4.69, 9.17) is 0 Å². The van der Waals surface area contributed by atoms with Gasteiger partial charge in [0, 0.05) is 18.3 Å². The molecule has 0 saturated heterocycles. The van der Waals surface area contributed by atoms with Gasteiger partial charge in [0.15, 0.2) is 0 Å². The van der Waals surface area contributed by atoms with Gasteiger partial charge in [0.1, 0.15) is 11.6 Å². The number of carbonyl (C=O) groups is 1. The van der Waals surface area contributed by atoms with E-state index in [9.17, 15) is 14.3 Å². The maximum absolute atomic E-state index is 13.1. The third-order valence-electron chi connectivity index (χ3n) is 3.24. The highest BCUT2D eigenvalue weighted by atomic mass is 19.1. The van der Waals surface area contributed by atoms with Crippen molar-refractivity contribution in [2.45, 2.75) is 19.8 Å². The van der Waals surface area contributed by atoms with Crippen LogP contribution in [0.5, 0.6) is 5.75 Å². The van der Waals surface area contributed by atoms with Gasteiger partial charge in [0.25, 0.3) is 5.91 Å². The van der Waals surface area contributed by atoms with Crippen molar-refractivity contribution in [1.82, 2.24) is 0 Å². The van der Waals surface area contributed by atoms with Crippen LogP contribution in [0.25, 0.3) is 0 Å². The van der Waals surface area contributed by atoms with Crippen LogP contribution in [0, 0.1) is 5.82 Å². The largest absolute Gasteiger partial charge is 0.507 e. The number of rotatable bonds is 5. The van der Waals surface area contributed by atoms with Crippen LogP contribution in [0.15, 0.2) is 48.5 Å². The Bertz CT molecular complexity index is 613. The molecule has 0 aliphatic carbocycles. The van der Waals surface area contributed by atoms with Crippen LogP contribution in [0.1, 0.15) is 30.1 Å². The van der Waals surface area contributed by atoms with E-state index in [1.54, 1.807) is 4.90 Å². The molecule has 0 saturated carbocycles. The van der Waals surface area contributed by atoms with Gasteiger partial charge in [-0.3, -0.25) is 4.79 Å². The molecule has 3 nitrogen and oxygen atoms in total. The molecule has 0 aliphatic rings. The Labute approximate surface area is 123 Å². The van der Waals surface area contributed by atoms with Crippen molar-refractivity contribution in [2.75, 3.05) is 11.4 Å². The molecule has 4 heteroatoms. The van der Waals surface area contributed by atoms with Crippen molar-refractivity contribution in [2.24, 2.45) is 0 Å². The Kier molecular flexibility index (Phi) is 4.93. The molecule has 0 spiro atoms. The van der Waals surface area contributed by atoms with Crippen LogP contribution in [-0.2, 0) is 0 Å². The van der Waals surface area contributed by atoms with Gasteiger partial charge in [-0.1, -0.05) is 31.5 Å². The highest BCUT2D eigenvalue weighted by Gasteiger charge is 2.20. The summed E-state index contributed by atoms with van der Waals surface area (Å²) < 4.78 is 13.1. The third-order valence-corrected chi connectivity index (χ3v) is 3.24. The van der Waals surface area contributed by atoms with Crippen molar-refractivity contribution < 1.29 is 14.3 Å². The second-order valence-corrected chi connectivity index (χ2v) is 4.81. The van der Waals surface area contributed by atoms with E-state index < -0.39 is 5.82 Å². The molecule has 0 aliphatic heterocycles. The lowest BCUT2D eigenvalue weighted by Crippen LogP contribution is -2.32. The molecular formula is C17H18FNO2. The van der Waals surface area contributed by atoms with Gasteiger partial charge in [0.2, 0.25) is 0 Å². The second-order valence-electron chi connectivity index (χ2n) is 4.81. The van der Waals surface area contributed by atoms with E-state index in [1.165, 1.54) is 12.1 Å². The number of anilines is 1.